The molecule has 0 atom stereocenters. The molecule has 112 valence electrons. The Bertz CT molecular complexity index is 347. The number of nitrogens with zero attached hydrogens (tertiary/aromatic N) is 1. The van der Waals surface area contributed by atoms with E-state index in [2.05, 4.69) is 47.5 Å². The minimum absolute atomic E-state index is 0.902. The van der Waals surface area contributed by atoms with E-state index in [0.29, 0.717) is 0 Å². The van der Waals surface area contributed by atoms with Crippen LogP contribution in [0.4, 0.5) is 0 Å². The monoisotopic (exact) mass is 292 g/mol. The van der Waals surface area contributed by atoms with Crippen molar-refractivity contribution in [1.82, 2.24) is 10.2 Å². The number of rotatable bonds is 8. The molecule has 2 rings (SSSR count). The second-order valence-corrected chi connectivity index (χ2v) is 6.82. The van der Waals surface area contributed by atoms with Gasteiger partial charge in [0.1, 0.15) is 0 Å². The van der Waals surface area contributed by atoms with Gasteiger partial charge in [-0.1, -0.05) is 25.1 Å². The molecule has 2 nitrogen and oxygen atoms in total. The first kappa shape index (κ1) is 15.9. The number of benzene rings is 1. The molecule has 1 N–H and O–H groups in total. The third-order valence-corrected chi connectivity index (χ3v) is 4.98. The molecular weight excluding hydrogens is 264 g/mol. The molecule has 3 heteroatoms. The molecule has 1 aliphatic rings. The largest absolute Gasteiger partial charge is 0.316 e. The first-order valence-electron chi connectivity index (χ1n) is 7.99. The Morgan fingerprint density at radius 2 is 1.95 bits per heavy atom. The van der Waals surface area contributed by atoms with Gasteiger partial charge < -0.3 is 10.2 Å². The standard InChI is InChI=1S/C17H28N2S/c1-2-10-18-15-16-8-11-19(12-9-16)13-14-20-17-6-4-3-5-7-17/h3-7,16,18H,2,8-15H2,1H3. The number of likely N-dealkylation sites (tertiary alicyclic amines) is 1. The minimum Gasteiger partial charge on any atom is -0.316 e. The molecule has 1 aromatic carbocycles. The summed E-state index contributed by atoms with van der Waals surface area (Å²) in [6.45, 7) is 8.44. The van der Waals surface area contributed by atoms with Crippen molar-refractivity contribution in [2.75, 3.05) is 38.5 Å². The molecule has 0 amide bonds. The molecule has 0 bridgehead atoms. The molecule has 0 spiro atoms. The molecule has 1 aliphatic heterocycles. The first-order valence-corrected chi connectivity index (χ1v) is 8.98. The molecule has 1 saturated heterocycles. The summed E-state index contributed by atoms with van der Waals surface area (Å²) in [5.74, 6) is 2.11. The zero-order chi connectivity index (χ0) is 14.0. The van der Waals surface area contributed by atoms with Crippen LogP contribution in [0.1, 0.15) is 26.2 Å². The van der Waals surface area contributed by atoms with E-state index in [4.69, 9.17) is 0 Å². The van der Waals surface area contributed by atoms with Gasteiger partial charge in [-0.15, -0.1) is 11.8 Å². The summed E-state index contributed by atoms with van der Waals surface area (Å²) in [5, 5.41) is 3.56. The SMILES string of the molecule is CCCNCC1CCN(CCSc2ccccc2)CC1. The number of nitrogens with one attached hydrogen (secondary N) is 1. The number of hydrogen-bond acceptors (Lipinski definition) is 3. The minimum atomic E-state index is 0.902. The highest BCUT2D eigenvalue weighted by Crippen LogP contribution is 2.20. The number of piperidine rings is 1. The average Bonchev–Trinajstić information content (AvgIpc) is 2.50. The van der Waals surface area contributed by atoms with Crippen LogP contribution in [0, 0.1) is 5.92 Å². The Balaban J connectivity index is 1.55. The van der Waals surface area contributed by atoms with Crippen molar-refractivity contribution in [3.63, 3.8) is 0 Å². The first-order chi connectivity index (χ1) is 9.88. The van der Waals surface area contributed by atoms with E-state index in [9.17, 15) is 0 Å². The van der Waals surface area contributed by atoms with Gasteiger partial charge in [0.05, 0.1) is 0 Å². The second-order valence-electron chi connectivity index (χ2n) is 5.65. The molecule has 1 heterocycles. The number of hydrogen-bond donors (Lipinski definition) is 1. The van der Waals surface area contributed by atoms with Crippen LogP contribution in [0.15, 0.2) is 35.2 Å². The van der Waals surface area contributed by atoms with Crippen LogP contribution in [0.5, 0.6) is 0 Å². The molecule has 20 heavy (non-hydrogen) atoms. The average molecular weight is 292 g/mol. The van der Waals surface area contributed by atoms with Gasteiger partial charge in [0.25, 0.3) is 0 Å². The molecular formula is C17H28N2S. The van der Waals surface area contributed by atoms with E-state index in [1.807, 2.05) is 11.8 Å². The highest BCUT2D eigenvalue weighted by Gasteiger charge is 2.18. The van der Waals surface area contributed by atoms with Crippen molar-refractivity contribution >= 4 is 11.8 Å². The normalized spacial score (nSPS) is 17.4. The highest BCUT2D eigenvalue weighted by atomic mass is 32.2. The van der Waals surface area contributed by atoms with E-state index in [1.54, 1.807) is 0 Å². The van der Waals surface area contributed by atoms with Crippen molar-refractivity contribution in [2.45, 2.75) is 31.1 Å². The van der Waals surface area contributed by atoms with Gasteiger partial charge in [0, 0.05) is 17.2 Å². The van der Waals surface area contributed by atoms with Gasteiger partial charge in [-0.25, -0.2) is 0 Å². The zero-order valence-corrected chi connectivity index (χ0v) is 13.5. The van der Waals surface area contributed by atoms with Gasteiger partial charge in [-0.3, -0.25) is 0 Å². The Morgan fingerprint density at radius 3 is 2.65 bits per heavy atom. The summed E-state index contributed by atoms with van der Waals surface area (Å²) in [6, 6.07) is 10.7. The van der Waals surface area contributed by atoms with Crippen molar-refractivity contribution in [3.8, 4) is 0 Å². The summed E-state index contributed by atoms with van der Waals surface area (Å²) >= 11 is 1.98. The molecule has 1 fully saturated rings. The van der Waals surface area contributed by atoms with Crippen molar-refractivity contribution in [1.29, 1.82) is 0 Å². The van der Waals surface area contributed by atoms with Crippen molar-refractivity contribution in [2.24, 2.45) is 5.92 Å². The molecule has 0 radical (unpaired) electrons. The van der Waals surface area contributed by atoms with E-state index in [-0.39, 0.29) is 0 Å². The zero-order valence-electron chi connectivity index (χ0n) is 12.7. The van der Waals surface area contributed by atoms with Crippen LogP contribution in [-0.4, -0.2) is 43.4 Å². The lowest BCUT2D eigenvalue weighted by molar-refractivity contribution is 0.191. The van der Waals surface area contributed by atoms with Crippen LogP contribution < -0.4 is 5.32 Å². The van der Waals surface area contributed by atoms with E-state index < -0.39 is 0 Å². The molecule has 0 aromatic heterocycles. The fraction of sp³-hybridized carbons (Fsp3) is 0.647. The maximum atomic E-state index is 3.56. The second kappa shape index (κ2) is 9.43. The van der Waals surface area contributed by atoms with Gasteiger partial charge in [0.15, 0.2) is 0 Å². The van der Waals surface area contributed by atoms with E-state index >= 15 is 0 Å². The smallest absolute Gasteiger partial charge is 0.0108 e. The van der Waals surface area contributed by atoms with Gasteiger partial charge in [-0.2, -0.15) is 0 Å². The molecule has 0 aliphatic carbocycles. The third kappa shape index (κ3) is 5.86. The van der Waals surface area contributed by atoms with Crippen LogP contribution >= 0.6 is 11.8 Å². The van der Waals surface area contributed by atoms with Crippen LogP contribution in [0.3, 0.4) is 0 Å². The lowest BCUT2D eigenvalue weighted by atomic mass is 9.97. The predicted molar refractivity (Wildman–Crippen MR) is 89.5 cm³/mol. The van der Waals surface area contributed by atoms with Gasteiger partial charge >= 0.3 is 0 Å². The molecule has 0 unspecified atom stereocenters. The van der Waals surface area contributed by atoms with Crippen molar-refractivity contribution < 1.29 is 0 Å². The molecule has 0 saturated carbocycles. The summed E-state index contributed by atoms with van der Waals surface area (Å²) in [6.07, 6.45) is 3.98. The lowest BCUT2D eigenvalue weighted by Gasteiger charge is -2.32. The maximum absolute atomic E-state index is 3.56. The molecule has 1 aromatic rings. The van der Waals surface area contributed by atoms with E-state index in [1.165, 1.54) is 62.6 Å². The topological polar surface area (TPSA) is 15.3 Å². The van der Waals surface area contributed by atoms with Crippen LogP contribution in [-0.2, 0) is 0 Å². The summed E-state index contributed by atoms with van der Waals surface area (Å²) in [5.41, 5.74) is 0. The Morgan fingerprint density at radius 1 is 1.20 bits per heavy atom. The predicted octanol–water partition coefficient (Wildman–Crippen LogP) is 3.49. The number of thioether (sulfide) groups is 1. The lowest BCUT2D eigenvalue weighted by Crippen LogP contribution is -2.38. The summed E-state index contributed by atoms with van der Waals surface area (Å²) in [7, 11) is 0. The van der Waals surface area contributed by atoms with Crippen molar-refractivity contribution in [3.05, 3.63) is 30.3 Å². The fourth-order valence-corrected chi connectivity index (χ4v) is 3.64. The fourth-order valence-electron chi connectivity index (χ4n) is 2.71. The maximum Gasteiger partial charge on any atom is 0.0108 e. The van der Waals surface area contributed by atoms with Crippen LogP contribution in [0.25, 0.3) is 0 Å². The Kier molecular flexibility index (Phi) is 7.48. The third-order valence-electron chi connectivity index (χ3n) is 3.99. The quantitative estimate of drug-likeness (QED) is 0.583. The van der Waals surface area contributed by atoms with E-state index in [0.717, 1.165) is 5.92 Å². The van der Waals surface area contributed by atoms with Gasteiger partial charge in [0.2, 0.25) is 0 Å². The summed E-state index contributed by atoms with van der Waals surface area (Å²) in [4.78, 5) is 4.03. The Labute approximate surface area is 128 Å². The van der Waals surface area contributed by atoms with Gasteiger partial charge in [-0.05, 0) is 63.5 Å². The Hall–Kier alpha value is -0.510. The summed E-state index contributed by atoms with van der Waals surface area (Å²) < 4.78 is 0. The van der Waals surface area contributed by atoms with Crippen LogP contribution in [0.2, 0.25) is 0 Å². The highest BCUT2D eigenvalue weighted by molar-refractivity contribution is 7.99.